The highest BCUT2D eigenvalue weighted by Gasteiger charge is 2.23. The average Bonchev–Trinajstić information content (AvgIpc) is 3.15. The normalized spacial score (nSPS) is 16.7. The number of piperazine rings is 1. The zero-order chi connectivity index (χ0) is 17.4. The van der Waals surface area contributed by atoms with Crippen LogP contribution in [0.25, 0.3) is 4.96 Å². The van der Waals surface area contributed by atoms with Gasteiger partial charge in [0.15, 0.2) is 0 Å². The largest absolute Gasteiger partial charge is 0.344 e. The van der Waals surface area contributed by atoms with Crippen molar-refractivity contribution in [2.75, 3.05) is 31.1 Å². The lowest BCUT2D eigenvalue weighted by Crippen LogP contribution is -2.46. The summed E-state index contributed by atoms with van der Waals surface area (Å²) in [7, 11) is 0. The van der Waals surface area contributed by atoms with Crippen LogP contribution < -0.4 is 4.90 Å². The number of anilines is 1. The van der Waals surface area contributed by atoms with E-state index in [0.29, 0.717) is 0 Å². The molecule has 0 atom stereocenters. The molecule has 0 N–H and O–H groups in total. The third kappa shape index (κ3) is 3.52. The highest BCUT2D eigenvalue weighted by Crippen LogP contribution is 2.28. The van der Waals surface area contributed by atoms with Crippen molar-refractivity contribution in [3.8, 4) is 0 Å². The molecule has 4 heterocycles. The van der Waals surface area contributed by atoms with E-state index in [-0.39, 0.29) is 5.41 Å². The van der Waals surface area contributed by atoms with E-state index < -0.39 is 0 Å². The Morgan fingerprint density at radius 1 is 1.12 bits per heavy atom. The first-order chi connectivity index (χ1) is 12.0. The Morgan fingerprint density at radius 2 is 1.92 bits per heavy atom. The molecule has 0 amide bonds. The van der Waals surface area contributed by atoms with Crippen LogP contribution in [-0.2, 0) is 12.0 Å². The summed E-state index contributed by atoms with van der Waals surface area (Å²) in [5.74, 6) is 0. The number of rotatable bonds is 3. The van der Waals surface area contributed by atoms with Crippen molar-refractivity contribution < 1.29 is 0 Å². The van der Waals surface area contributed by atoms with Crippen LogP contribution in [-0.4, -0.2) is 50.7 Å². The van der Waals surface area contributed by atoms with Gasteiger partial charge in [-0.25, -0.2) is 9.50 Å². The van der Waals surface area contributed by atoms with Crippen molar-refractivity contribution in [1.82, 2.24) is 24.5 Å². The summed E-state index contributed by atoms with van der Waals surface area (Å²) in [6.45, 7) is 11.5. The maximum Gasteiger partial charge on any atom is 0.214 e. The molecule has 1 fully saturated rings. The van der Waals surface area contributed by atoms with E-state index in [2.05, 4.69) is 53.9 Å². The first-order valence-electron chi connectivity index (χ1n) is 8.73. The predicted molar refractivity (Wildman–Crippen MR) is 101 cm³/mol. The molecular formula is C18H24N6S. The number of aromatic nitrogens is 4. The Bertz CT molecular complexity index is 808. The second-order valence-corrected chi connectivity index (χ2v) is 8.51. The molecule has 3 aromatic rings. The predicted octanol–water partition coefficient (Wildman–Crippen LogP) is 2.81. The molecular weight excluding hydrogens is 332 g/mol. The smallest absolute Gasteiger partial charge is 0.214 e. The van der Waals surface area contributed by atoms with E-state index in [1.54, 1.807) is 11.3 Å². The zero-order valence-corrected chi connectivity index (χ0v) is 15.8. The van der Waals surface area contributed by atoms with Gasteiger partial charge in [-0.05, 0) is 12.1 Å². The Labute approximate surface area is 152 Å². The van der Waals surface area contributed by atoms with Crippen LogP contribution in [0.3, 0.4) is 0 Å². The first kappa shape index (κ1) is 16.5. The standard InChI is InChI=1S/C18H24N6S/c1-18(2,3)15-13-24-16(20-15)25-17(21-24)23-10-8-22(9-11-23)12-14-6-4-5-7-19-14/h4-7,13H,8-12H2,1-3H3. The average molecular weight is 356 g/mol. The van der Waals surface area contributed by atoms with E-state index in [9.17, 15) is 0 Å². The van der Waals surface area contributed by atoms with Crippen molar-refractivity contribution in [2.24, 2.45) is 0 Å². The van der Waals surface area contributed by atoms with E-state index in [0.717, 1.165) is 54.2 Å². The summed E-state index contributed by atoms with van der Waals surface area (Å²) in [6.07, 6.45) is 3.93. The molecule has 3 aromatic heterocycles. The fourth-order valence-corrected chi connectivity index (χ4v) is 3.93. The molecule has 0 radical (unpaired) electrons. The minimum atomic E-state index is 0.0602. The first-order valence-corrected chi connectivity index (χ1v) is 9.54. The van der Waals surface area contributed by atoms with Crippen LogP contribution >= 0.6 is 11.3 Å². The number of nitrogens with zero attached hydrogens (tertiary/aromatic N) is 6. The molecule has 25 heavy (non-hydrogen) atoms. The molecule has 4 rings (SSSR count). The highest BCUT2D eigenvalue weighted by atomic mass is 32.1. The SMILES string of the molecule is CC(C)(C)c1cn2nc(N3CCN(Cc4ccccn4)CC3)sc2n1. The van der Waals surface area contributed by atoms with Crippen molar-refractivity contribution >= 4 is 21.4 Å². The van der Waals surface area contributed by atoms with Crippen LogP contribution in [0.5, 0.6) is 0 Å². The van der Waals surface area contributed by atoms with Gasteiger partial charge in [-0.1, -0.05) is 38.2 Å². The summed E-state index contributed by atoms with van der Waals surface area (Å²) < 4.78 is 1.93. The quantitative estimate of drug-likeness (QED) is 0.722. The minimum absolute atomic E-state index is 0.0602. The molecule has 6 nitrogen and oxygen atoms in total. The lowest BCUT2D eigenvalue weighted by Gasteiger charge is -2.34. The van der Waals surface area contributed by atoms with Crippen LogP contribution in [0.1, 0.15) is 32.2 Å². The van der Waals surface area contributed by atoms with Gasteiger partial charge in [0.25, 0.3) is 0 Å². The Hall–Kier alpha value is -1.99. The van der Waals surface area contributed by atoms with Gasteiger partial charge in [-0.15, -0.1) is 5.10 Å². The lowest BCUT2D eigenvalue weighted by atomic mass is 9.93. The Balaban J connectivity index is 1.40. The molecule has 0 spiro atoms. The van der Waals surface area contributed by atoms with Gasteiger partial charge >= 0.3 is 0 Å². The maximum absolute atomic E-state index is 4.75. The van der Waals surface area contributed by atoms with Gasteiger partial charge in [0, 0.05) is 44.3 Å². The van der Waals surface area contributed by atoms with Gasteiger partial charge in [-0.3, -0.25) is 9.88 Å². The monoisotopic (exact) mass is 356 g/mol. The van der Waals surface area contributed by atoms with Crippen molar-refractivity contribution in [3.05, 3.63) is 42.0 Å². The van der Waals surface area contributed by atoms with Gasteiger partial charge in [0.05, 0.1) is 17.6 Å². The number of hydrogen-bond acceptors (Lipinski definition) is 6. The molecule has 7 heteroatoms. The summed E-state index contributed by atoms with van der Waals surface area (Å²) in [6, 6.07) is 6.11. The van der Waals surface area contributed by atoms with E-state index in [4.69, 9.17) is 10.1 Å². The summed E-state index contributed by atoms with van der Waals surface area (Å²) >= 11 is 1.68. The van der Waals surface area contributed by atoms with Gasteiger partial charge in [0.1, 0.15) is 0 Å². The number of pyridine rings is 1. The molecule has 0 bridgehead atoms. The van der Waals surface area contributed by atoms with Crippen molar-refractivity contribution in [2.45, 2.75) is 32.7 Å². The number of imidazole rings is 1. The zero-order valence-electron chi connectivity index (χ0n) is 15.0. The van der Waals surface area contributed by atoms with E-state index >= 15 is 0 Å². The van der Waals surface area contributed by atoms with Crippen LogP contribution in [0.2, 0.25) is 0 Å². The number of hydrogen-bond donors (Lipinski definition) is 0. The molecule has 0 unspecified atom stereocenters. The van der Waals surface area contributed by atoms with Crippen LogP contribution in [0, 0.1) is 0 Å². The molecule has 0 saturated carbocycles. The molecule has 1 aliphatic heterocycles. The molecule has 1 saturated heterocycles. The summed E-state index contributed by atoms with van der Waals surface area (Å²) in [4.78, 5) is 15.0. The summed E-state index contributed by atoms with van der Waals surface area (Å²) in [5, 5.41) is 5.82. The maximum atomic E-state index is 4.75. The van der Waals surface area contributed by atoms with Gasteiger partial charge < -0.3 is 4.90 Å². The van der Waals surface area contributed by atoms with Crippen molar-refractivity contribution in [3.63, 3.8) is 0 Å². The number of fused-ring (bicyclic) bond motifs is 1. The molecule has 132 valence electrons. The van der Waals surface area contributed by atoms with Crippen molar-refractivity contribution in [1.29, 1.82) is 0 Å². The van der Waals surface area contributed by atoms with Crippen LogP contribution in [0.15, 0.2) is 30.6 Å². The second-order valence-electron chi connectivity index (χ2n) is 7.57. The summed E-state index contributed by atoms with van der Waals surface area (Å²) in [5.41, 5.74) is 2.29. The molecule has 0 aliphatic carbocycles. The Morgan fingerprint density at radius 3 is 2.56 bits per heavy atom. The fourth-order valence-electron chi connectivity index (χ4n) is 3.00. The lowest BCUT2D eigenvalue weighted by molar-refractivity contribution is 0.247. The third-order valence-corrected chi connectivity index (χ3v) is 5.54. The van der Waals surface area contributed by atoms with E-state index in [1.165, 1.54) is 0 Å². The second kappa shape index (κ2) is 6.38. The highest BCUT2D eigenvalue weighted by molar-refractivity contribution is 7.20. The van der Waals surface area contributed by atoms with Gasteiger partial charge in [0.2, 0.25) is 10.1 Å². The topological polar surface area (TPSA) is 49.6 Å². The van der Waals surface area contributed by atoms with E-state index in [1.807, 2.05) is 16.8 Å². The molecule has 1 aliphatic rings. The fraction of sp³-hybridized carbons (Fsp3) is 0.500. The molecule has 0 aromatic carbocycles. The Kier molecular flexibility index (Phi) is 4.21. The van der Waals surface area contributed by atoms with Gasteiger partial charge in [-0.2, -0.15) is 0 Å². The van der Waals surface area contributed by atoms with Crippen LogP contribution in [0.4, 0.5) is 5.13 Å². The third-order valence-electron chi connectivity index (χ3n) is 4.56. The minimum Gasteiger partial charge on any atom is -0.344 e.